The van der Waals surface area contributed by atoms with Crippen LogP contribution in [0.15, 0.2) is 109 Å². The van der Waals surface area contributed by atoms with Crippen LogP contribution in [0.5, 0.6) is 0 Å². The molecule has 0 unspecified atom stereocenters. The first kappa shape index (κ1) is 18.9. The average molecular weight is 399 g/mol. The van der Waals surface area contributed by atoms with E-state index in [1.165, 1.54) is 0 Å². The van der Waals surface area contributed by atoms with Gasteiger partial charge in [0.25, 0.3) is 0 Å². The summed E-state index contributed by atoms with van der Waals surface area (Å²) in [6, 6.07) is 33.0. The van der Waals surface area contributed by atoms with Gasteiger partial charge in [-0.05, 0) is 24.1 Å². The smallest absolute Gasteiger partial charge is 0.160 e. The van der Waals surface area contributed by atoms with Gasteiger partial charge in [-0.2, -0.15) is 0 Å². The third-order valence-corrected chi connectivity index (χ3v) is 5.38. The number of aromatic nitrogens is 3. The Hall–Kier alpha value is -4.11. The SMILES string of the molecule is Cc1c(-c2ccccc2)nc(-c2ccc(-c3cccnc3)cc2)nc1-c1ccccc1. The lowest BCUT2D eigenvalue weighted by molar-refractivity contribution is 1.15. The molecule has 0 aliphatic carbocycles. The topological polar surface area (TPSA) is 38.7 Å². The van der Waals surface area contributed by atoms with Gasteiger partial charge in [-0.15, -0.1) is 0 Å². The molecule has 0 aliphatic heterocycles. The van der Waals surface area contributed by atoms with Crippen LogP contribution < -0.4 is 0 Å². The van der Waals surface area contributed by atoms with Gasteiger partial charge in [0, 0.05) is 34.6 Å². The maximum Gasteiger partial charge on any atom is 0.160 e. The normalized spacial score (nSPS) is 10.7. The first-order chi connectivity index (χ1) is 15.3. The number of hydrogen-bond acceptors (Lipinski definition) is 3. The fourth-order valence-electron chi connectivity index (χ4n) is 3.75. The van der Waals surface area contributed by atoms with Crippen molar-refractivity contribution in [1.29, 1.82) is 0 Å². The lowest BCUT2D eigenvalue weighted by atomic mass is 10.00. The number of hydrogen-bond donors (Lipinski definition) is 0. The second-order valence-electron chi connectivity index (χ2n) is 7.42. The zero-order chi connectivity index (χ0) is 21.0. The summed E-state index contributed by atoms with van der Waals surface area (Å²) in [6.07, 6.45) is 3.66. The molecule has 5 rings (SSSR count). The number of nitrogens with zero attached hydrogens (tertiary/aromatic N) is 3. The van der Waals surface area contributed by atoms with Gasteiger partial charge in [0.2, 0.25) is 0 Å². The van der Waals surface area contributed by atoms with Crippen LogP contribution in [-0.2, 0) is 0 Å². The molecule has 0 amide bonds. The van der Waals surface area contributed by atoms with Gasteiger partial charge in [0.15, 0.2) is 5.82 Å². The van der Waals surface area contributed by atoms with Gasteiger partial charge >= 0.3 is 0 Å². The summed E-state index contributed by atoms with van der Waals surface area (Å²) in [7, 11) is 0. The Morgan fingerprint density at radius 2 is 1.00 bits per heavy atom. The molecule has 3 nitrogen and oxygen atoms in total. The van der Waals surface area contributed by atoms with Crippen LogP contribution in [0.25, 0.3) is 45.0 Å². The van der Waals surface area contributed by atoms with Gasteiger partial charge in [-0.1, -0.05) is 91.0 Å². The maximum absolute atomic E-state index is 4.98. The van der Waals surface area contributed by atoms with E-state index in [1.54, 1.807) is 6.20 Å². The van der Waals surface area contributed by atoms with Gasteiger partial charge in [0.05, 0.1) is 11.4 Å². The summed E-state index contributed by atoms with van der Waals surface area (Å²) in [5.41, 5.74) is 8.38. The minimum absolute atomic E-state index is 0.723. The molecule has 3 aromatic carbocycles. The van der Waals surface area contributed by atoms with Crippen molar-refractivity contribution >= 4 is 0 Å². The van der Waals surface area contributed by atoms with Crippen molar-refractivity contribution in [2.24, 2.45) is 0 Å². The van der Waals surface area contributed by atoms with E-state index in [0.717, 1.165) is 50.6 Å². The summed E-state index contributed by atoms with van der Waals surface area (Å²) < 4.78 is 0. The predicted octanol–water partition coefficient (Wildman–Crippen LogP) is 6.85. The van der Waals surface area contributed by atoms with E-state index in [2.05, 4.69) is 66.5 Å². The van der Waals surface area contributed by atoms with Gasteiger partial charge < -0.3 is 0 Å². The van der Waals surface area contributed by atoms with E-state index in [-0.39, 0.29) is 0 Å². The minimum Gasteiger partial charge on any atom is -0.264 e. The third kappa shape index (κ3) is 3.86. The van der Waals surface area contributed by atoms with Crippen molar-refractivity contribution in [2.75, 3.05) is 0 Å². The van der Waals surface area contributed by atoms with Crippen molar-refractivity contribution in [3.8, 4) is 45.0 Å². The average Bonchev–Trinajstić information content (AvgIpc) is 2.86. The molecule has 0 radical (unpaired) electrons. The van der Waals surface area contributed by atoms with Crippen molar-refractivity contribution in [1.82, 2.24) is 15.0 Å². The molecular weight excluding hydrogens is 378 g/mol. The quantitative estimate of drug-likeness (QED) is 0.332. The lowest BCUT2D eigenvalue weighted by Gasteiger charge is -2.14. The zero-order valence-electron chi connectivity index (χ0n) is 17.2. The summed E-state index contributed by atoms with van der Waals surface area (Å²) in [6.45, 7) is 2.10. The molecule has 31 heavy (non-hydrogen) atoms. The van der Waals surface area contributed by atoms with Gasteiger partial charge in [0.1, 0.15) is 0 Å². The van der Waals surface area contributed by atoms with Crippen LogP contribution in [0.3, 0.4) is 0 Å². The molecule has 0 spiro atoms. The second-order valence-corrected chi connectivity index (χ2v) is 7.42. The predicted molar refractivity (Wildman–Crippen MR) is 126 cm³/mol. The van der Waals surface area contributed by atoms with Crippen molar-refractivity contribution < 1.29 is 0 Å². The standard InChI is InChI=1S/C28H21N3/c1-20-26(22-9-4-2-5-10-22)30-28(31-27(20)23-11-6-3-7-12-23)24-16-14-21(15-17-24)25-13-8-18-29-19-25/h2-19H,1H3. The zero-order valence-corrected chi connectivity index (χ0v) is 17.2. The van der Waals surface area contributed by atoms with Crippen LogP contribution in [-0.4, -0.2) is 15.0 Å². The summed E-state index contributed by atoms with van der Waals surface area (Å²) >= 11 is 0. The molecule has 0 aliphatic rings. The van der Waals surface area contributed by atoms with Crippen molar-refractivity contribution in [3.63, 3.8) is 0 Å². The van der Waals surface area contributed by atoms with Crippen LogP contribution in [0.1, 0.15) is 5.56 Å². The minimum atomic E-state index is 0.723. The molecular formula is C28H21N3. The number of pyridine rings is 1. The summed E-state index contributed by atoms with van der Waals surface area (Å²) in [5, 5.41) is 0. The van der Waals surface area contributed by atoms with Gasteiger partial charge in [-0.3, -0.25) is 4.98 Å². The monoisotopic (exact) mass is 399 g/mol. The number of benzene rings is 3. The molecule has 5 aromatic rings. The molecule has 148 valence electrons. The fourth-order valence-corrected chi connectivity index (χ4v) is 3.75. The highest BCUT2D eigenvalue weighted by molar-refractivity contribution is 5.76. The van der Waals surface area contributed by atoms with E-state index in [4.69, 9.17) is 9.97 Å². The highest BCUT2D eigenvalue weighted by Gasteiger charge is 2.15. The van der Waals surface area contributed by atoms with Crippen molar-refractivity contribution in [3.05, 3.63) is 115 Å². The molecule has 0 N–H and O–H groups in total. The van der Waals surface area contributed by atoms with Crippen LogP contribution >= 0.6 is 0 Å². The Morgan fingerprint density at radius 3 is 1.52 bits per heavy atom. The molecule has 2 aromatic heterocycles. The maximum atomic E-state index is 4.98. The van der Waals surface area contributed by atoms with E-state index in [1.807, 2.05) is 48.7 Å². The van der Waals surface area contributed by atoms with Crippen LogP contribution in [0, 0.1) is 6.92 Å². The molecule has 0 saturated carbocycles. The van der Waals surface area contributed by atoms with E-state index < -0.39 is 0 Å². The Morgan fingerprint density at radius 1 is 0.484 bits per heavy atom. The lowest BCUT2D eigenvalue weighted by Crippen LogP contribution is -2.00. The highest BCUT2D eigenvalue weighted by Crippen LogP contribution is 2.32. The Kier molecular flexibility index (Phi) is 5.07. The third-order valence-electron chi connectivity index (χ3n) is 5.38. The first-order valence-corrected chi connectivity index (χ1v) is 10.3. The first-order valence-electron chi connectivity index (χ1n) is 10.3. The molecule has 0 bridgehead atoms. The highest BCUT2D eigenvalue weighted by atomic mass is 14.9. The van der Waals surface area contributed by atoms with E-state index in [9.17, 15) is 0 Å². The fraction of sp³-hybridized carbons (Fsp3) is 0.0357. The van der Waals surface area contributed by atoms with Crippen LogP contribution in [0.4, 0.5) is 0 Å². The Balaban J connectivity index is 1.65. The van der Waals surface area contributed by atoms with Crippen LogP contribution in [0.2, 0.25) is 0 Å². The Bertz CT molecular complexity index is 1240. The molecule has 3 heteroatoms. The largest absolute Gasteiger partial charge is 0.264 e. The number of rotatable bonds is 4. The van der Waals surface area contributed by atoms with Crippen molar-refractivity contribution in [2.45, 2.75) is 6.92 Å². The van der Waals surface area contributed by atoms with E-state index >= 15 is 0 Å². The second kappa shape index (κ2) is 8.33. The summed E-state index contributed by atoms with van der Waals surface area (Å²) in [4.78, 5) is 14.2. The molecule has 0 fully saturated rings. The molecule has 2 heterocycles. The summed E-state index contributed by atoms with van der Waals surface area (Å²) in [5.74, 6) is 0.723. The van der Waals surface area contributed by atoms with E-state index in [0.29, 0.717) is 0 Å². The van der Waals surface area contributed by atoms with Gasteiger partial charge in [-0.25, -0.2) is 9.97 Å². The Labute approximate surface area is 182 Å². The molecule has 0 saturated heterocycles. The molecule has 0 atom stereocenters.